The fourth-order valence-corrected chi connectivity index (χ4v) is 2.13. The van der Waals surface area contributed by atoms with Gasteiger partial charge in [0, 0.05) is 12.8 Å². The highest BCUT2D eigenvalue weighted by Gasteiger charge is 2.20. The molecule has 0 saturated carbocycles. The summed E-state index contributed by atoms with van der Waals surface area (Å²) in [6, 6.07) is 0.467. The molecule has 3 rings (SSSR count). The Balaban J connectivity index is 1.92. The van der Waals surface area contributed by atoms with Gasteiger partial charge in [0.25, 0.3) is 0 Å². The molecule has 0 spiro atoms. The SMILES string of the molecule is C1=Cc2nn(C3CCOC3)cc2CC1. The van der Waals surface area contributed by atoms with E-state index in [9.17, 15) is 0 Å². The smallest absolute Gasteiger partial charge is 0.0879 e. The minimum absolute atomic E-state index is 0.467. The predicted molar refractivity (Wildman–Crippen MR) is 54.1 cm³/mol. The van der Waals surface area contributed by atoms with Gasteiger partial charge in [0.1, 0.15) is 0 Å². The molecule has 3 heteroatoms. The highest BCUT2D eigenvalue weighted by molar-refractivity contribution is 5.51. The first-order valence-corrected chi connectivity index (χ1v) is 5.26. The van der Waals surface area contributed by atoms with E-state index in [0.29, 0.717) is 6.04 Å². The molecule has 2 aliphatic rings. The molecule has 0 bridgehead atoms. The maximum Gasteiger partial charge on any atom is 0.0879 e. The Morgan fingerprint density at radius 2 is 2.50 bits per heavy atom. The van der Waals surface area contributed by atoms with E-state index < -0.39 is 0 Å². The zero-order valence-corrected chi connectivity index (χ0v) is 8.15. The monoisotopic (exact) mass is 190 g/mol. The third kappa shape index (κ3) is 1.28. The van der Waals surface area contributed by atoms with Gasteiger partial charge in [-0.15, -0.1) is 0 Å². The molecule has 0 radical (unpaired) electrons. The van der Waals surface area contributed by atoms with Gasteiger partial charge < -0.3 is 4.74 Å². The topological polar surface area (TPSA) is 27.1 Å². The molecule has 1 saturated heterocycles. The quantitative estimate of drug-likeness (QED) is 0.675. The van der Waals surface area contributed by atoms with Gasteiger partial charge in [-0.1, -0.05) is 6.08 Å². The summed E-state index contributed by atoms with van der Waals surface area (Å²) in [5, 5.41) is 4.58. The van der Waals surface area contributed by atoms with Crippen molar-refractivity contribution in [1.82, 2.24) is 9.78 Å². The fourth-order valence-electron chi connectivity index (χ4n) is 2.13. The lowest BCUT2D eigenvalue weighted by Crippen LogP contribution is -2.08. The first kappa shape index (κ1) is 8.24. The molecule has 1 unspecified atom stereocenters. The number of fused-ring (bicyclic) bond motifs is 1. The minimum atomic E-state index is 0.467. The van der Waals surface area contributed by atoms with Crippen molar-refractivity contribution >= 4 is 6.08 Å². The highest BCUT2D eigenvalue weighted by Crippen LogP contribution is 2.23. The summed E-state index contributed by atoms with van der Waals surface area (Å²) in [7, 11) is 0. The molecule has 3 nitrogen and oxygen atoms in total. The molecule has 0 aromatic carbocycles. The van der Waals surface area contributed by atoms with Crippen molar-refractivity contribution < 1.29 is 4.74 Å². The molecular weight excluding hydrogens is 176 g/mol. The summed E-state index contributed by atoms with van der Waals surface area (Å²) < 4.78 is 7.46. The average Bonchev–Trinajstić information content (AvgIpc) is 2.86. The Morgan fingerprint density at radius 3 is 3.29 bits per heavy atom. The van der Waals surface area contributed by atoms with E-state index in [1.54, 1.807) is 0 Å². The minimum Gasteiger partial charge on any atom is -0.379 e. The van der Waals surface area contributed by atoms with Crippen LogP contribution in [0.2, 0.25) is 0 Å². The van der Waals surface area contributed by atoms with Crippen LogP contribution in [0.4, 0.5) is 0 Å². The van der Waals surface area contributed by atoms with Crippen LogP contribution in [0, 0.1) is 0 Å². The van der Waals surface area contributed by atoms with E-state index in [-0.39, 0.29) is 0 Å². The van der Waals surface area contributed by atoms with Gasteiger partial charge in [0.2, 0.25) is 0 Å². The summed E-state index contributed by atoms with van der Waals surface area (Å²) in [5.74, 6) is 0. The Kier molecular flexibility index (Phi) is 1.91. The number of allylic oxidation sites excluding steroid dienone is 1. The Morgan fingerprint density at radius 1 is 1.50 bits per heavy atom. The second kappa shape index (κ2) is 3.24. The number of hydrogen-bond donors (Lipinski definition) is 0. The maximum atomic E-state index is 5.36. The van der Waals surface area contributed by atoms with Gasteiger partial charge in [-0.3, -0.25) is 4.68 Å². The lowest BCUT2D eigenvalue weighted by molar-refractivity contribution is 0.184. The molecule has 1 aromatic heterocycles. The summed E-state index contributed by atoms with van der Waals surface area (Å²) in [6.45, 7) is 1.70. The Bertz CT molecular complexity index is 361. The molecular formula is C11H14N2O. The van der Waals surface area contributed by atoms with E-state index in [4.69, 9.17) is 4.74 Å². The number of aromatic nitrogens is 2. The molecule has 0 N–H and O–H groups in total. The molecule has 0 amide bonds. The molecule has 1 aromatic rings. The normalized spacial score (nSPS) is 25.3. The van der Waals surface area contributed by atoms with Crippen molar-refractivity contribution in [3.05, 3.63) is 23.5 Å². The number of hydrogen-bond acceptors (Lipinski definition) is 2. The van der Waals surface area contributed by atoms with Crippen LogP contribution in [0.1, 0.15) is 30.1 Å². The number of nitrogens with zero attached hydrogens (tertiary/aromatic N) is 2. The van der Waals surface area contributed by atoms with Gasteiger partial charge in [-0.05, 0) is 30.9 Å². The van der Waals surface area contributed by atoms with Gasteiger partial charge >= 0.3 is 0 Å². The number of aryl methyl sites for hydroxylation is 1. The second-order valence-corrected chi connectivity index (χ2v) is 3.98. The van der Waals surface area contributed by atoms with Gasteiger partial charge in [0.15, 0.2) is 0 Å². The molecule has 14 heavy (non-hydrogen) atoms. The highest BCUT2D eigenvalue weighted by atomic mass is 16.5. The van der Waals surface area contributed by atoms with Crippen LogP contribution >= 0.6 is 0 Å². The molecule has 1 fully saturated rings. The van der Waals surface area contributed by atoms with Gasteiger partial charge in [-0.2, -0.15) is 5.10 Å². The molecule has 1 atom stereocenters. The van der Waals surface area contributed by atoms with Crippen LogP contribution in [0.3, 0.4) is 0 Å². The van der Waals surface area contributed by atoms with Crippen molar-refractivity contribution in [3.63, 3.8) is 0 Å². The van der Waals surface area contributed by atoms with Crippen LogP contribution in [0.5, 0.6) is 0 Å². The number of rotatable bonds is 1. The van der Waals surface area contributed by atoms with E-state index in [2.05, 4.69) is 28.1 Å². The third-order valence-corrected chi connectivity index (χ3v) is 2.98. The van der Waals surface area contributed by atoms with Crippen molar-refractivity contribution in [2.24, 2.45) is 0 Å². The molecule has 2 heterocycles. The summed E-state index contributed by atoms with van der Waals surface area (Å²) in [4.78, 5) is 0. The maximum absolute atomic E-state index is 5.36. The zero-order valence-electron chi connectivity index (χ0n) is 8.15. The summed E-state index contributed by atoms with van der Waals surface area (Å²) >= 11 is 0. The van der Waals surface area contributed by atoms with Crippen LogP contribution < -0.4 is 0 Å². The van der Waals surface area contributed by atoms with E-state index in [1.165, 1.54) is 5.56 Å². The van der Waals surface area contributed by atoms with Gasteiger partial charge in [0.05, 0.1) is 18.3 Å². The zero-order chi connectivity index (χ0) is 9.38. The van der Waals surface area contributed by atoms with Crippen LogP contribution in [-0.2, 0) is 11.2 Å². The van der Waals surface area contributed by atoms with Crippen LogP contribution in [0.15, 0.2) is 12.3 Å². The van der Waals surface area contributed by atoms with Gasteiger partial charge in [-0.25, -0.2) is 0 Å². The summed E-state index contributed by atoms with van der Waals surface area (Å²) in [6.07, 6.45) is 9.91. The average molecular weight is 190 g/mol. The third-order valence-electron chi connectivity index (χ3n) is 2.98. The first-order chi connectivity index (χ1) is 6.93. The van der Waals surface area contributed by atoms with Crippen LogP contribution in [0.25, 0.3) is 6.08 Å². The fraction of sp³-hybridized carbons (Fsp3) is 0.545. The second-order valence-electron chi connectivity index (χ2n) is 3.98. The van der Waals surface area contributed by atoms with Crippen molar-refractivity contribution in [2.75, 3.05) is 13.2 Å². The van der Waals surface area contributed by atoms with Crippen LogP contribution in [-0.4, -0.2) is 23.0 Å². The Hall–Kier alpha value is -1.09. The molecule has 1 aliphatic heterocycles. The first-order valence-electron chi connectivity index (χ1n) is 5.26. The van der Waals surface area contributed by atoms with E-state index >= 15 is 0 Å². The Labute approximate surface area is 83.4 Å². The predicted octanol–water partition coefficient (Wildman–Crippen LogP) is 1.80. The lowest BCUT2D eigenvalue weighted by Gasteiger charge is -2.06. The van der Waals surface area contributed by atoms with Crippen molar-refractivity contribution in [2.45, 2.75) is 25.3 Å². The largest absolute Gasteiger partial charge is 0.379 e. The molecule has 74 valence electrons. The number of ether oxygens (including phenoxy) is 1. The summed E-state index contributed by atoms with van der Waals surface area (Å²) in [5.41, 5.74) is 2.54. The van der Waals surface area contributed by atoms with E-state index in [1.807, 2.05) is 0 Å². The lowest BCUT2D eigenvalue weighted by atomic mass is 10.1. The van der Waals surface area contributed by atoms with Crippen molar-refractivity contribution in [1.29, 1.82) is 0 Å². The molecule has 1 aliphatic carbocycles. The van der Waals surface area contributed by atoms with Crippen molar-refractivity contribution in [3.8, 4) is 0 Å². The van der Waals surface area contributed by atoms with E-state index in [0.717, 1.165) is 38.2 Å². The standard InChI is InChI=1S/C11H14N2O/c1-2-4-11-9(3-1)7-13(12-11)10-5-6-14-8-10/h2,4,7,10H,1,3,5-6,8H2.